The Bertz CT molecular complexity index is 1110. The molecule has 6 rings (SSSR count). The number of imidazole rings is 1. The molecule has 2 aliphatic heterocycles. The number of piperidine rings is 2. The zero-order valence-corrected chi connectivity index (χ0v) is 27.1. The number of aromatic nitrogens is 2. The molecule has 0 amide bonds. The van der Waals surface area contributed by atoms with Crippen molar-refractivity contribution >= 4 is 11.0 Å². The van der Waals surface area contributed by atoms with Gasteiger partial charge in [-0.25, -0.2) is 4.98 Å². The Balaban J connectivity index is 1.09. The van der Waals surface area contributed by atoms with Gasteiger partial charge in [-0.3, -0.25) is 4.90 Å². The number of methoxy groups -OCH3 is 1. The number of fused-ring (bicyclic) bond motifs is 3. The first-order valence-electron chi connectivity index (χ1n) is 17.8. The Kier molecular flexibility index (Phi) is 11.5. The fraction of sp³-hybridized carbons (Fsp3) is 0.806. The van der Waals surface area contributed by atoms with Crippen LogP contribution in [0, 0.1) is 11.8 Å². The predicted molar refractivity (Wildman–Crippen MR) is 174 cm³/mol. The van der Waals surface area contributed by atoms with Crippen LogP contribution in [0.2, 0.25) is 0 Å². The monoisotopic (exact) mass is 594 g/mol. The van der Waals surface area contributed by atoms with E-state index in [-0.39, 0.29) is 0 Å². The van der Waals surface area contributed by atoms with E-state index in [4.69, 9.17) is 19.2 Å². The lowest BCUT2D eigenvalue weighted by Gasteiger charge is -2.51. The highest BCUT2D eigenvalue weighted by atomic mass is 16.5. The lowest BCUT2D eigenvalue weighted by Crippen LogP contribution is -2.54. The molecule has 1 aromatic carbocycles. The van der Waals surface area contributed by atoms with Crippen molar-refractivity contribution < 1.29 is 14.2 Å². The molecular weight excluding hydrogens is 536 g/mol. The summed E-state index contributed by atoms with van der Waals surface area (Å²) in [5, 5.41) is 0. The van der Waals surface area contributed by atoms with Gasteiger partial charge in [-0.05, 0) is 88.8 Å². The minimum atomic E-state index is 0.484. The molecule has 2 saturated heterocycles. The third-order valence-electron chi connectivity index (χ3n) is 11.2. The zero-order chi connectivity index (χ0) is 29.4. The van der Waals surface area contributed by atoms with Crippen LogP contribution in [-0.4, -0.2) is 97.3 Å². The molecule has 3 heterocycles. The van der Waals surface area contributed by atoms with E-state index in [9.17, 15) is 0 Å². The lowest BCUT2D eigenvalue weighted by molar-refractivity contribution is -0.00912. The van der Waals surface area contributed by atoms with Crippen LogP contribution in [0.5, 0.6) is 0 Å². The number of aryl methyl sites for hydroxylation is 1. The number of benzene rings is 1. The number of likely N-dealkylation sites (tertiary alicyclic amines) is 2. The summed E-state index contributed by atoms with van der Waals surface area (Å²) in [7, 11) is 1.70. The van der Waals surface area contributed by atoms with Gasteiger partial charge in [-0.2, -0.15) is 0 Å². The summed E-state index contributed by atoms with van der Waals surface area (Å²) in [4.78, 5) is 10.9. The van der Waals surface area contributed by atoms with E-state index in [1.54, 1.807) is 7.11 Å². The Hall–Kier alpha value is -1.51. The van der Waals surface area contributed by atoms with Crippen LogP contribution in [0.25, 0.3) is 11.0 Å². The van der Waals surface area contributed by atoms with Gasteiger partial charge in [-0.1, -0.05) is 37.8 Å². The molecule has 0 spiro atoms. The van der Waals surface area contributed by atoms with Gasteiger partial charge in [0.2, 0.25) is 0 Å². The van der Waals surface area contributed by atoms with Crippen molar-refractivity contribution in [3.05, 3.63) is 30.1 Å². The highest BCUT2D eigenvalue weighted by Crippen LogP contribution is 2.44. The molecule has 4 aliphatic rings. The van der Waals surface area contributed by atoms with E-state index in [2.05, 4.69) is 45.6 Å². The van der Waals surface area contributed by atoms with Crippen LogP contribution in [0.4, 0.5) is 0 Å². The fourth-order valence-corrected chi connectivity index (χ4v) is 9.24. The third kappa shape index (κ3) is 8.02. The highest BCUT2D eigenvalue weighted by molar-refractivity contribution is 5.76. The number of rotatable bonds is 14. The van der Waals surface area contributed by atoms with Crippen LogP contribution in [0.3, 0.4) is 0 Å². The number of para-hydroxylation sites is 2. The highest BCUT2D eigenvalue weighted by Gasteiger charge is 2.40. The van der Waals surface area contributed by atoms with Gasteiger partial charge in [0.15, 0.2) is 0 Å². The summed E-state index contributed by atoms with van der Waals surface area (Å²) in [6.45, 7) is 10.1. The molecule has 240 valence electrons. The van der Waals surface area contributed by atoms with Crippen molar-refractivity contribution in [3.63, 3.8) is 0 Å². The predicted octanol–water partition coefficient (Wildman–Crippen LogP) is 6.50. The van der Waals surface area contributed by atoms with Crippen molar-refractivity contribution in [1.29, 1.82) is 0 Å². The summed E-state index contributed by atoms with van der Waals surface area (Å²) in [6.07, 6.45) is 16.7. The molecule has 2 aliphatic carbocycles. The van der Waals surface area contributed by atoms with E-state index >= 15 is 0 Å². The van der Waals surface area contributed by atoms with Crippen LogP contribution >= 0.6 is 0 Å². The van der Waals surface area contributed by atoms with Gasteiger partial charge < -0.3 is 23.7 Å². The molecule has 2 bridgehead atoms. The van der Waals surface area contributed by atoms with Gasteiger partial charge in [0.25, 0.3) is 0 Å². The van der Waals surface area contributed by atoms with Crippen LogP contribution in [0.1, 0.15) is 95.7 Å². The van der Waals surface area contributed by atoms with Crippen molar-refractivity contribution in [3.8, 4) is 0 Å². The summed E-state index contributed by atoms with van der Waals surface area (Å²) < 4.78 is 19.1. The first kappa shape index (κ1) is 31.5. The first-order chi connectivity index (χ1) is 21.2. The largest absolute Gasteiger partial charge is 0.382 e. The lowest BCUT2D eigenvalue weighted by atomic mass is 9.69. The van der Waals surface area contributed by atoms with Gasteiger partial charge in [0.1, 0.15) is 5.82 Å². The molecule has 1 unspecified atom stereocenters. The molecule has 4 fully saturated rings. The number of nitrogens with zero attached hydrogens (tertiary/aromatic N) is 4. The average molecular weight is 595 g/mol. The summed E-state index contributed by atoms with van der Waals surface area (Å²) >= 11 is 0. The Morgan fingerprint density at radius 2 is 1.58 bits per heavy atom. The smallest absolute Gasteiger partial charge is 0.114 e. The van der Waals surface area contributed by atoms with Crippen molar-refractivity contribution in [1.82, 2.24) is 19.4 Å². The van der Waals surface area contributed by atoms with Gasteiger partial charge in [0, 0.05) is 50.8 Å². The van der Waals surface area contributed by atoms with Crippen molar-refractivity contribution in [2.45, 2.75) is 115 Å². The number of hydrogen-bond donors (Lipinski definition) is 0. The minimum Gasteiger partial charge on any atom is -0.382 e. The second-order valence-corrected chi connectivity index (χ2v) is 14.2. The molecule has 2 aromatic rings. The molecule has 0 radical (unpaired) electrons. The van der Waals surface area contributed by atoms with Crippen LogP contribution < -0.4 is 0 Å². The second kappa shape index (κ2) is 15.7. The Labute approximate surface area is 260 Å². The van der Waals surface area contributed by atoms with Crippen molar-refractivity contribution in [2.24, 2.45) is 11.8 Å². The molecule has 2 saturated carbocycles. The summed E-state index contributed by atoms with van der Waals surface area (Å²) in [5.41, 5.74) is 2.49. The molecular formula is C36H58N4O3. The molecule has 1 aromatic heterocycles. The summed E-state index contributed by atoms with van der Waals surface area (Å²) in [5.74, 6) is 3.79. The quantitative estimate of drug-likeness (QED) is 0.233. The molecule has 0 N–H and O–H groups in total. The summed E-state index contributed by atoms with van der Waals surface area (Å²) in [6, 6.07) is 11.1. The zero-order valence-electron chi connectivity index (χ0n) is 27.1. The maximum atomic E-state index is 5.89. The van der Waals surface area contributed by atoms with E-state index < -0.39 is 0 Å². The van der Waals surface area contributed by atoms with E-state index in [0.29, 0.717) is 38.4 Å². The number of ether oxygens (including phenoxy) is 3. The molecule has 7 nitrogen and oxygen atoms in total. The maximum absolute atomic E-state index is 5.89. The standard InChI is InChI=1S/C36H58N4O3/c1-28-8-5-12-32(40(28)33-25-29-9-6-10-30(24-29)26-33)15-17-39-35-14-4-3-13-34(35)37-36(39)31-11-7-16-38(27-31)18-19-42-22-23-43-21-20-41-2/h3-4,13-14,28-33H,5-12,15-27H2,1-2H3/t28-,29-,30+,31+,32-,33?/m0/s1. The first-order valence-corrected chi connectivity index (χ1v) is 17.8. The van der Waals surface area contributed by atoms with Crippen molar-refractivity contribution in [2.75, 3.05) is 59.8 Å². The Morgan fingerprint density at radius 3 is 2.42 bits per heavy atom. The van der Waals surface area contributed by atoms with Crippen LogP contribution in [0.15, 0.2) is 24.3 Å². The molecule has 43 heavy (non-hydrogen) atoms. The molecule has 7 heteroatoms. The fourth-order valence-electron chi connectivity index (χ4n) is 9.24. The van der Waals surface area contributed by atoms with E-state index in [0.717, 1.165) is 56.7 Å². The SMILES string of the molecule is COCCOCCOCCN1CCC[C@@H](c2nc3ccccc3n2CC[C@@H]2CCC[C@H](C)N2C2C[C@H]3CCC[C@@H](C2)C3)C1. The van der Waals surface area contributed by atoms with Gasteiger partial charge in [-0.15, -0.1) is 0 Å². The molecule has 6 atom stereocenters. The normalized spacial score (nSPS) is 30.7. The third-order valence-corrected chi connectivity index (χ3v) is 11.2. The average Bonchev–Trinajstić information content (AvgIpc) is 3.40. The second-order valence-electron chi connectivity index (χ2n) is 14.2. The topological polar surface area (TPSA) is 52.0 Å². The van der Waals surface area contributed by atoms with E-state index in [1.807, 2.05) is 0 Å². The van der Waals surface area contributed by atoms with Gasteiger partial charge >= 0.3 is 0 Å². The van der Waals surface area contributed by atoms with Gasteiger partial charge in [0.05, 0.1) is 44.1 Å². The minimum absolute atomic E-state index is 0.484. The van der Waals surface area contributed by atoms with E-state index in [1.165, 1.54) is 93.9 Å². The Morgan fingerprint density at radius 1 is 0.814 bits per heavy atom. The number of hydrogen-bond acceptors (Lipinski definition) is 6. The maximum Gasteiger partial charge on any atom is 0.114 e. The van der Waals surface area contributed by atoms with Crippen LogP contribution in [-0.2, 0) is 20.8 Å².